The lowest BCUT2D eigenvalue weighted by molar-refractivity contribution is 0.212. The minimum atomic E-state index is 0.348. The molecule has 2 fully saturated rings. The van der Waals surface area contributed by atoms with Crippen LogP contribution < -0.4 is 9.47 Å². The molecule has 6 nitrogen and oxygen atoms in total. The summed E-state index contributed by atoms with van der Waals surface area (Å²) >= 11 is 0. The molecule has 128 valence electrons. The van der Waals surface area contributed by atoms with E-state index in [1.807, 2.05) is 6.07 Å². The zero-order chi connectivity index (χ0) is 16.5. The minimum absolute atomic E-state index is 0.348. The average molecular weight is 329 g/mol. The van der Waals surface area contributed by atoms with E-state index in [0.717, 1.165) is 36.2 Å². The average Bonchev–Trinajstić information content (AvgIpc) is 3.19. The van der Waals surface area contributed by atoms with Gasteiger partial charge in [0.1, 0.15) is 0 Å². The molecule has 1 saturated heterocycles. The highest BCUT2D eigenvalue weighted by atomic mass is 16.5. The summed E-state index contributed by atoms with van der Waals surface area (Å²) in [7, 11) is 3.33. The largest absolute Gasteiger partial charge is 0.493 e. The van der Waals surface area contributed by atoms with Crippen LogP contribution in [-0.4, -0.2) is 35.8 Å². The van der Waals surface area contributed by atoms with Crippen LogP contribution in [0.25, 0.3) is 0 Å². The predicted octanol–water partition coefficient (Wildman–Crippen LogP) is 3.30. The van der Waals surface area contributed by atoms with Gasteiger partial charge >= 0.3 is 0 Å². The highest BCUT2D eigenvalue weighted by Crippen LogP contribution is 2.39. The van der Waals surface area contributed by atoms with Crippen LogP contribution >= 0.6 is 0 Å². The Balaban J connectivity index is 1.51. The van der Waals surface area contributed by atoms with Crippen molar-refractivity contribution in [1.82, 2.24) is 15.0 Å². The molecule has 6 heteroatoms. The molecule has 0 N–H and O–H groups in total. The van der Waals surface area contributed by atoms with Gasteiger partial charge in [-0.1, -0.05) is 11.2 Å². The smallest absolute Gasteiger partial charge is 0.240 e. The summed E-state index contributed by atoms with van der Waals surface area (Å²) in [6, 6.07) is 6.52. The molecule has 1 aromatic heterocycles. The van der Waals surface area contributed by atoms with Crippen molar-refractivity contribution in [2.75, 3.05) is 20.8 Å². The number of likely N-dealkylation sites (tertiary alicyclic amines) is 1. The molecule has 24 heavy (non-hydrogen) atoms. The zero-order valence-electron chi connectivity index (χ0n) is 14.2. The molecule has 2 aliphatic rings. The van der Waals surface area contributed by atoms with E-state index >= 15 is 0 Å². The lowest BCUT2D eigenvalue weighted by atomic mass is 10.0. The highest BCUT2D eigenvalue weighted by Gasteiger charge is 2.31. The lowest BCUT2D eigenvalue weighted by Crippen LogP contribution is -2.23. The van der Waals surface area contributed by atoms with Gasteiger partial charge in [0.05, 0.1) is 20.8 Å². The normalized spacial score (nSPS) is 21.2. The molecule has 0 amide bonds. The van der Waals surface area contributed by atoms with Gasteiger partial charge in [0.15, 0.2) is 17.3 Å². The van der Waals surface area contributed by atoms with Crippen LogP contribution in [0.5, 0.6) is 11.5 Å². The molecule has 0 radical (unpaired) electrons. The predicted molar refractivity (Wildman–Crippen MR) is 88.2 cm³/mol. The number of rotatable bonds is 6. The third kappa shape index (κ3) is 2.98. The summed E-state index contributed by atoms with van der Waals surface area (Å²) in [5.74, 6) is 3.67. The summed E-state index contributed by atoms with van der Waals surface area (Å²) in [6.45, 7) is 1.75. The first-order valence-electron chi connectivity index (χ1n) is 8.57. The first kappa shape index (κ1) is 15.4. The lowest BCUT2D eigenvalue weighted by Gasteiger charge is -2.23. The molecule has 4 rings (SSSR count). The second-order valence-corrected chi connectivity index (χ2v) is 6.56. The number of benzene rings is 1. The van der Waals surface area contributed by atoms with E-state index in [0.29, 0.717) is 18.5 Å². The summed E-state index contributed by atoms with van der Waals surface area (Å²) in [5.41, 5.74) is 1.24. The van der Waals surface area contributed by atoms with Gasteiger partial charge in [0.25, 0.3) is 0 Å². The Morgan fingerprint density at radius 2 is 2.00 bits per heavy atom. The number of nitrogens with zero attached hydrogens (tertiary/aromatic N) is 3. The highest BCUT2D eigenvalue weighted by molar-refractivity contribution is 5.44. The Morgan fingerprint density at radius 1 is 1.17 bits per heavy atom. The zero-order valence-corrected chi connectivity index (χ0v) is 14.2. The van der Waals surface area contributed by atoms with Crippen LogP contribution in [0.15, 0.2) is 22.7 Å². The molecule has 1 atom stereocenters. The summed E-state index contributed by atoms with van der Waals surface area (Å²) in [6.07, 6.45) is 4.68. The molecule has 0 bridgehead atoms. The summed E-state index contributed by atoms with van der Waals surface area (Å²) in [5, 5.41) is 4.12. The summed E-state index contributed by atoms with van der Waals surface area (Å²) in [4.78, 5) is 6.97. The standard InChI is InChI=1S/C18H23N3O3/c1-22-15-8-7-13(10-16(15)23-2)14-4-3-9-21(14)11-17-19-18(20-24-17)12-5-6-12/h7-8,10,12,14H,3-6,9,11H2,1-2H3/t14-/m0/s1. The summed E-state index contributed by atoms with van der Waals surface area (Å²) < 4.78 is 16.2. The first-order chi connectivity index (χ1) is 11.8. The molecule has 1 aliphatic carbocycles. The Bertz CT molecular complexity index is 711. The van der Waals surface area contributed by atoms with Crippen molar-refractivity contribution in [3.05, 3.63) is 35.5 Å². The van der Waals surface area contributed by atoms with Gasteiger partial charge in [0.2, 0.25) is 5.89 Å². The van der Waals surface area contributed by atoms with Gasteiger partial charge in [-0.3, -0.25) is 4.90 Å². The Morgan fingerprint density at radius 3 is 2.75 bits per heavy atom. The van der Waals surface area contributed by atoms with Crippen molar-refractivity contribution in [2.45, 2.75) is 44.2 Å². The van der Waals surface area contributed by atoms with Crippen LogP contribution in [0.3, 0.4) is 0 Å². The Labute approximate surface area is 141 Å². The fourth-order valence-corrected chi connectivity index (χ4v) is 3.47. The van der Waals surface area contributed by atoms with Crippen LogP contribution in [0, 0.1) is 0 Å². The van der Waals surface area contributed by atoms with Crippen molar-refractivity contribution < 1.29 is 14.0 Å². The van der Waals surface area contributed by atoms with Crippen LogP contribution in [0.1, 0.15) is 54.9 Å². The second kappa shape index (κ2) is 6.43. The molecule has 1 aromatic carbocycles. The van der Waals surface area contributed by atoms with Crippen LogP contribution in [0.2, 0.25) is 0 Å². The molecule has 2 aromatic rings. The van der Waals surface area contributed by atoms with Crippen LogP contribution in [0.4, 0.5) is 0 Å². The van der Waals surface area contributed by atoms with Crippen molar-refractivity contribution in [3.8, 4) is 11.5 Å². The van der Waals surface area contributed by atoms with Crippen molar-refractivity contribution in [2.24, 2.45) is 0 Å². The number of aromatic nitrogens is 2. The van der Waals surface area contributed by atoms with Crippen molar-refractivity contribution in [3.63, 3.8) is 0 Å². The minimum Gasteiger partial charge on any atom is -0.493 e. The van der Waals surface area contributed by atoms with Crippen molar-refractivity contribution in [1.29, 1.82) is 0 Å². The van der Waals surface area contributed by atoms with Gasteiger partial charge in [0, 0.05) is 12.0 Å². The monoisotopic (exact) mass is 329 g/mol. The molecule has 2 heterocycles. The number of ether oxygens (including phenoxy) is 2. The van der Waals surface area contributed by atoms with E-state index in [-0.39, 0.29) is 0 Å². The quantitative estimate of drug-likeness (QED) is 0.810. The van der Waals surface area contributed by atoms with E-state index < -0.39 is 0 Å². The van der Waals surface area contributed by atoms with Gasteiger partial charge < -0.3 is 14.0 Å². The third-order valence-corrected chi connectivity index (χ3v) is 4.92. The fraction of sp³-hybridized carbons (Fsp3) is 0.556. The van der Waals surface area contributed by atoms with E-state index in [1.54, 1.807) is 14.2 Å². The second-order valence-electron chi connectivity index (χ2n) is 6.56. The van der Waals surface area contributed by atoms with E-state index in [2.05, 4.69) is 27.2 Å². The van der Waals surface area contributed by atoms with E-state index in [1.165, 1.54) is 24.8 Å². The molecule has 1 aliphatic heterocycles. The molecule has 1 saturated carbocycles. The number of hydrogen-bond donors (Lipinski definition) is 0. The van der Waals surface area contributed by atoms with Crippen molar-refractivity contribution >= 4 is 0 Å². The number of methoxy groups -OCH3 is 2. The topological polar surface area (TPSA) is 60.6 Å². The molecule has 0 unspecified atom stereocenters. The van der Waals surface area contributed by atoms with Crippen LogP contribution in [-0.2, 0) is 6.54 Å². The molecular weight excluding hydrogens is 306 g/mol. The SMILES string of the molecule is COc1ccc([C@@H]2CCCN2Cc2nc(C3CC3)no2)cc1OC. The number of hydrogen-bond acceptors (Lipinski definition) is 6. The first-order valence-corrected chi connectivity index (χ1v) is 8.57. The maximum atomic E-state index is 5.45. The van der Waals surface area contributed by atoms with Gasteiger partial charge in [-0.2, -0.15) is 4.98 Å². The van der Waals surface area contributed by atoms with E-state index in [9.17, 15) is 0 Å². The molecule has 0 spiro atoms. The maximum Gasteiger partial charge on any atom is 0.240 e. The van der Waals surface area contributed by atoms with E-state index in [4.69, 9.17) is 14.0 Å². The fourth-order valence-electron chi connectivity index (χ4n) is 3.47. The maximum absolute atomic E-state index is 5.45. The Hall–Kier alpha value is -2.08. The van der Waals surface area contributed by atoms with Gasteiger partial charge in [-0.15, -0.1) is 0 Å². The molecular formula is C18H23N3O3. The Kier molecular flexibility index (Phi) is 4.14. The van der Waals surface area contributed by atoms with Gasteiger partial charge in [-0.05, 0) is 49.9 Å². The van der Waals surface area contributed by atoms with Gasteiger partial charge in [-0.25, -0.2) is 0 Å². The third-order valence-electron chi connectivity index (χ3n) is 4.92.